The van der Waals surface area contributed by atoms with E-state index in [0.29, 0.717) is 33.8 Å². The van der Waals surface area contributed by atoms with E-state index in [1.807, 2.05) is 19.1 Å². The number of nitrogens with zero attached hydrogens (tertiary/aromatic N) is 6. The number of piperidine rings is 1. The monoisotopic (exact) mass is 590 g/mol. The second-order valence-corrected chi connectivity index (χ2v) is 10.9. The molecule has 8 nitrogen and oxygen atoms in total. The van der Waals surface area contributed by atoms with Gasteiger partial charge in [-0.1, -0.05) is 11.6 Å². The van der Waals surface area contributed by atoms with Crippen molar-refractivity contribution >= 4 is 56.7 Å². The highest BCUT2D eigenvalue weighted by atomic mass is 127. The number of anilines is 2. The Morgan fingerprint density at radius 2 is 2.09 bits per heavy atom. The van der Waals surface area contributed by atoms with Gasteiger partial charge in [0.05, 0.1) is 17.4 Å². The molecule has 2 saturated heterocycles. The lowest BCUT2D eigenvalue weighted by Crippen LogP contribution is -2.47. The number of halogens is 2. The van der Waals surface area contributed by atoms with Gasteiger partial charge in [-0.25, -0.2) is 9.97 Å². The highest BCUT2D eigenvalue weighted by Gasteiger charge is 2.40. The quantitative estimate of drug-likeness (QED) is 0.257. The van der Waals surface area contributed by atoms with Crippen molar-refractivity contribution in [1.82, 2.24) is 14.5 Å². The number of aryl methyl sites for hydroxylation is 1. The third-order valence-corrected chi connectivity index (χ3v) is 7.22. The number of ether oxygens (including phenoxy) is 1. The molecule has 1 unspecified atom stereocenters. The molecule has 0 amide bonds. The maximum absolute atomic E-state index is 12.9. The number of hydrogen-bond donors (Lipinski definition) is 0. The Kier molecular flexibility index (Phi) is 6.29. The standard InChI is InChI=1S/C24H24ClIN6O2/c1-14(26)34-16-3-6-21(28-12-16)32-10-7-15-13-31(9-8-18(15)32)23-17(11-27)24(33)30(2)19-4-5-20(25)29-22(19)23/h3-6,12,14-15,18H,7-10,13H2,1-2H3/t14?,15-,18+/m1/s1. The summed E-state index contributed by atoms with van der Waals surface area (Å²) >= 11 is 8.43. The summed E-state index contributed by atoms with van der Waals surface area (Å²) in [5.74, 6) is 2.12. The van der Waals surface area contributed by atoms with Gasteiger partial charge in [-0.2, -0.15) is 5.26 Å². The van der Waals surface area contributed by atoms with Gasteiger partial charge >= 0.3 is 0 Å². The van der Waals surface area contributed by atoms with Crippen molar-refractivity contribution in [3.63, 3.8) is 0 Å². The first-order chi connectivity index (χ1) is 16.4. The van der Waals surface area contributed by atoms with Gasteiger partial charge in [0.2, 0.25) is 0 Å². The third-order valence-electron chi connectivity index (χ3n) is 6.76. The molecule has 2 aliphatic heterocycles. The molecule has 0 aromatic carbocycles. The average molecular weight is 591 g/mol. The van der Waals surface area contributed by atoms with Crippen molar-refractivity contribution < 1.29 is 4.74 Å². The van der Waals surface area contributed by atoms with Crippen molar-refractivity contribution in [3.8, 4) is 11.8 Å². The number of rotatable bonds is 4. The fraction of sp³-hybridized carbons (Fsp3) is 0.417. The molecule has 0 spiro atoms. The maximum atomic E-state index is 12.9. The summed E-state index contributed by atoms with van der Waals surface area (Å²) in [5.41, 5.74) is 1.69. The molecule has 34 heavy (non-hydrogen) atoms. The van der Waals surface area contributed by atoms with Crippen molar-refractivity contribution in [1.29, 1.82) is 5.26 Å². The topological polar surface area (TPSA) is 87.3 Å². The van der Waals surface area contributed by atoms with E-state index in [0.717, 1.165) is 44.0 Å². The van der Waals surface area contributed by atoms with Gasteiger partial charge in [0.15, 0.2) is 0 Å². The summed E-state index contributed by atoms with van der Waals surface area (Å²) in [5, 5.41) is 10.2. The molecule has 10 heteroatoms. The fourth-order valence-electron chi connectivity index (χ4n) is 5.25. The van der Waals surface area contributed by atoms with Gasteiger partial charge in [0, 0.05) is 32.7 Å². The van der Waals surface area contributed by atoms with E-state index in [1.54, 1.807) is 25.4 Å². The minimum Gasteiger partial charge on any atom is -0.479 e. The summed E-state index contributed by atoms with van der Waals surface area (Å²) in [6.07, 6.45) is 3.70. The maximum Gasteiger partial charge on any atom is 0.270 e. The first kappa shape index (κ1) is 23.2. The molecule has 0 radical (unpaired) electrons. The Hall–Kier alpha value is -2.58. The first-order valence-electron chi connectivity index (χ1n) is 11.2. The van der Waals surface area contributed by atoms with Crippen LogP contribution in [0.5, 0.6) is 5.75 Å². The van der Waals surface area contributed by atoms with Crippen molar-refractivity contribution in [2.24, 2.45) is 13.0 Å². The Bertz CT molecular complexity index is 1340. The van der Waals surface area contributed by atoms with E-state index < -0.39 is 0 Å². The van der Waals surface area contributed by atoms with Gasteiger partial charge in [0.1, 0.15) is 38.0 Å². The van der Waals surface area contributed by atoms with Crippen molar-refractivity contribution in [3.05, 3.63) is 51.5 Å². The van der Waals surface area contributed by atoms with Gasteiger partial charge in [0.25, 0.3) is 5.56 Å². The average Bonchev–Trinajstić information content (AvgIpc) is 3.24. The lowest BCUT2D eigenvalue weighted by molar-refractivity contribution is 0.321. The normalized spacial score (nSPS) is 20.8. The van der Waals surface area contributed by atoms with Gasteiger partial charge in [-0.15, -0.1) is 0 Å². The molecule has 3 aromatic rings. The molecular formula is C24H24ClIN6O2. The predicted octanol–water partition coefficient (Wildman–Crippen LogP) is 4.12. The molecule has 176 valence electrons. The van der Waals surface area contributed by atoms with Crippen LogP contribution in [0.25, 0.3) is 11.0 Å². The van der Waals surface area contributed by atoms with Crippen molar-refractivity contribution in [2.75, 3.05) is 29.4 Å². The third kappa shape index (κ3) is 4.07. The summed E-state index contributed by atoms with van der Waals surface area (Å²) < 4.78 is 7.27. The summed E-state index contributed by atoms with van der Waals surface area (Å²) in [6, 6.07) is 9.95. The number of fused-ring (bicyclic) bond motifs is 2. The molecule has 3 atom stereocenters. The van der Waals surface area contributed by atoms with E-state index in [1.165, 1.54) is 4.57 Å². The number of alkyl halides is 1. The molecule has 0 saturated carbocycles. The summed E-state index contributed by atoms with van der Waals surface area (Å²) in [7, 11) is 1.66. The molecule has 5 heterocycles. The fourth-order valence-corrected chi connectivity index (χ4v) is 5.69. The van der Waals surface area contributed by atoms with Crippen LogP contribution in [0.4, 0.5) is 11.5 Å². The van der Waals surface area contributed by atoms with Gasteiger partial charge < -0.3 is 19.1 Å². The molecule has 0 aliphatic carbocycles. The highest BCUT2D eigenvalue weighted by Crippen LogP contribution is 2.38. The van der Waals surface area contributed by atoms with Crippen LogP contribution in [-0.2, 0) is 7.05 Å². The van der Waals surface area contributed by atoms with E-state index in [-0.39, 0.29) is 15.2 Å². The Labute approximate surface area is 216 Å². The van der Waals surface area contributed by atoms with Crippen LogP contribution < -0.4 is 20.1 Å². The molecule has 2 aliphatic rings. The SMILES string of the molecule is CC(I)Oc1ccc(N2CC[C@@H]3CN(c4c(C#N)c(=O)n(C)c5ccc(Cl)nc45)CC[C@@H]32)nc1. The summed E-state index contributed by atoms with van der Waals surface area (Å²) in [4.78, 5) is 26.7. The Balaban J connectivity index is 1.44. The molecule has 2 fully saturated rings. The zero-order valence-electron chi connectivity index (χ0n) is 18.9. The minimum absolute atomic E-state index is 0.0827. The van der Waals surface area contributed by atoms with E-state index in [2.05, 4.69) is 48.4 Å². The van der Waals surface area contributed by atoms with Crippen LogP contribution in [0.1, 0.15) is 25.3 Å². The second-order valence-electron chi connectivity index (χ2n) is 8.76. The van der Waals surface area contributed by atoms with Crippen LogP contribution in [0.15, 0.2) is 35.3 Å². The van der Waals surface area contributed by atoms with E-state index in [4.69, 9.17) is 16.3 Å². The highest BCUT2D eigenvalue weighted by molar-refractivity contribution is 14.1. The zero-order valence-corrected chi connectivity index (χ0v) is 21.8. The lowest BCUT2D eigenvalue weighted by atomic mass is 9.92. The number of pyridine rings is 3. The largest absolute Gasteiger partial charge is 0.479 e. The van der Waals surface area contributed by atoms with Crippen LogP contribution in [0, 0.1) is 17.2 Å². The van der Waals surface area contributed by atoms with Crippen LogP contribution in [0.2, 0.25) is 5.15 Å². The van der Waals surface area contributed by atoms with E-state index >= 15 is 0 Å². The first-order valence-corrected chi connectivity index (χ1v) is 12.9. The number of aromatic nitrogens is 3. The van der Waals surface area contributed by atoms with Gasteiger partial charge in [-0.3, -0.25) is 4.79 Å². The van der Waals surface area contributed by atoms with E-state index in [9.17, 15) is 10.1 Å². The lowest BCUT2D eigenvalue weighted by Gasteiger charge is -2.40. The molecule has 0 N–H and O–H groups in total. The molecule has 5 rings (SSSR count). The second kappa shape index (κ2) is 9.23. The van der Waals surface area contributed by atoms with Crippen LogP contribution in [-0.4, -0.2) is 44.3 Å². The number of nitriles is 1. The van der Waals surface area contributed by atoms with Crippen molar-refractivity contribution in [2.45, 2.75) is 29.9 Å². The minimum atomic E-state index is -0.309. The Morgan fingerprint density at radius 3 is 2.79 bits per heavy atom. The molecule has 3 aromatic heterocycles. The Morgan fingerprint density at radius 1 is 1.26 bits per heavy atom. The van der Waals surface area contributed by atoms with Crippen LogP contribution >= 0.6 is 34.2 Å². The predicted molar refractivity (Wildman–Crippen MR) is 141 cm³/mol. The van der Waals surface area contributed by atoms with Gasteiger partial charge in [-0.05, 0) is 72.5 Å². The smallest absolute Gasteiger partial charge is 0.270 e. The zero-order chi connectivity index (χ0) is 24.0. The molecule has 0 bridgehead atoms. The van der Waals surface area contributed by atoms with Crippen LogP contribution in [0.3, 0.4) is 0 Å². The number of hydrogen-bond acceptors (Lipinski definition) is 7. The molecular weight excluding hydrogens is 567 g/mol. The summed E-state index contributed by atoms with van der Waals surface area (Å²) in [6.45, 7) is 4.38.